The molecule has 1 nitrogen and oxygen atoms in total. The lowest BCUT2D eigenvalue weighted by molar-refractivity contribution is 0.585. The molecule has 0 bridgehead atoms. The number of fused-ring (bicyclic) bond motifs is 2. The molecular formula is C16H18ClN. The summed E-state index contributed by atoms with van der Waals surface area (Å²) < 4.78 is 0. The van der Waals surface area contributed by atoms with Crippen LogP contribution in [0.5, 0.6) is 0 Å². The number of rotatable bonds is 1. The summed E-state index contributed by atoms with van der Waals surface area (Å²) in [5.74, 6) is 0.850. The molecule has 2 saturated carbocycles. The maximum absolute atomic E-state index is 6.12. The summed E-state index contributed by atoms with van der Waals surface area (Å²) >= 11 is 0. The predicted octanol–water partition coefficient (Wildman–Crippen LogP) is 3.64. The van der Waals surface area contributed by atoms with Crippen molar-refractivity contribution in [3.8, 4) is 0 Å². The topological polar surface area (TPSA) is 26.0 Å². The maximum atomic E-state index is 6.12. The Kier molecular flexibility index (Phi) is 2.65. The summed E-state index contributed by atoms with van der Waals surface area (Å²) in [4.78, 5) is 0. The summed E-state index contributed by atoms with van der Waals surface area (Å²) in [5, 5.41) is 2.80. The van der Waals surface area contributed by atoms with Crippen molar-refractivity contribution in [2.45, 2.75) is 30.7 Å². The van der Waals surface area contributed by atoms with E-state index in [4.69, 9.17) is 5.73 Å². The lowest BCUT2D eigenvalue weighted by Gasteiger charge is -2.17. The molecule has 2 aromatic rings. The van der Waals surface area contributed by atoms with Crippen LogP contribution in [-0.4, -0.2) is 6.04 Å². The van der Waals surface area contributed by atoms with Gasteiger partial charge in [-0.15, -0.1) is 12.4 Å². The van der Waals surface area contributed by atoms with E-state index >= 15 is 0 Å². The third kappa shape index (κ3) is 1.51. The van der Waals surface area contributed by atoms with Crippen LogP contribution in [0.1, 0.15) is 24.8 Å². The molecule has 0 amide bonds. The number of benzene rings is 2. The van der Waals surface area contributed by atoms with E-state index in [9.17, 15) is 0 Å². The van der Waals surface area contributed by atoms with Gasteiger partial charge < -0.3 is 5.73 Å². The van der Waals surface area contributed by atoms with Crippen LogP contribution < -0.4 is 5.73 Å². The van der Waals surface area contributed by atoms with E-state index in [-0.39, 0.29) is 12.4 Å². The van der Waals surface area contributed by atoms with E-state index < -0.39 is 0 Å². The minimum Gasteiger partial charge on any atom is -0.328 e. The summed E-state index contributed by atoms with van der Waals surface area (Å²) in [6.07, 6.45) is 3.77. The molecule has 3 atom stereocenters. The fourth-order valence-corrected chi connectivity index (χ4v) is 3.96. The Morgan fingerprint density at radius 3 is 2.56 bits per heavy atom. The molecule has 18 heavy (non-hydrogen) atoms. The van der Waals surface area contributed by atoms with Gasteiger partial charge in [-0.2, -0.15) is 0 Å². The Morgan fingerprint density at radius 1 is 1.00 bits per heavy atom. The van der Waals surface area contributed by atoms with Gasteiger partial charge in [-0.05, 0) is 41.5 Å². The quantitative estimate of drug-likeness (QED) is 0.831. The molecule has 0 heterocycles. The van der Waals surface area contributed by atoms with E-state index in [1.54, 1.807) is 5.56 Å². The minimum atomic E-state index is 0. The van der Waals surface area contributed by atoms with Gasteiger partial charge in [0, 0.05) is 11.5 Å². The van der Waals surface area contributed by atoms with Gasteiger partial charge in [0.1, 0.15) is 0 Å². The van der Waals surface area contributed by atoms with Gasteiger partial charge in [-0.3, -0.25) is 0 Å². The van der Waals surface area contributed by atoms with Gasteiger partial charge in [-0.1, -0.05) is 42.5 Å². The largest absolute Gasteiger partial charge is 0.328 e. The molecule has 4 rings (SSSR count). The first-order chi connectivity index (χ1) is 8.29. The fourth-order valence-electron chi connectivity index (χ4n) is 3.96. The average molecular weight is 260 g/mol. The molecule has 2 aromatic carbocycles. The molecule has 0 spiro atoms. The number of hydrogen-bond acceptors (Lipinski definition) is 1. The molecule has 94 valence electrons. The smallest absolute Gasteiger partial charge is 0.00503 e. The van der Waals surface area contributed by atoms with Crippen molar-refractivity contribution in [3.63, 3.8) is 0 Å². The Morgan fingerprint density at radius 2 is 1.78 bits per heavy atom. The van der Waals surface area contributed by atoms with Crippen LogP contribution in [0.3, 0.4) is 0 Å². The highest BCUT2D eigenvalue weighted by Gasteiger charge is 2.60. The Balaban J connectivity index is 0.000001000. The third-order valence-electron chi connectivity index (χ3n) is 4.77. The lowest BCUT2D eigenvalue weighted by Crippen LogP contribution is -2.20. The standard InChI is InChI=1S/C16H17N.ClH/c17-13-8-12-9-16(12,10-13)15-7-3-5-11-4-1-2-6-14(11)15;/h1-7,12-13H,8-10,17H2;1H/t12-,13?,16-;/m0./s1. The second kappa shape index (κ2) is 3.97. The first-order valence-corrected chi connectivity index (χ1v) is 6.53. The number of nitrogens with two attached hydrogens (primary N) is 1. The van der Waals surface area contributed by atoms with Gasteiger partial charge in [-0.25, -0.2) is 0 Å². The van der Waals surface area contributed by atoms with Crippen molar-refractivity contribution in [1.82, 2.24) is 0 Å². The first-order valence-electron chi connectivity index (χ1n) is 6.53. The highest BCUT2D eigenvalue weighted by Crippen LogP contribution is 2.64. The molecule has 2 aliphatic rings. The zero-order valence-corrected chi connectivity index (χ0v) is 11.1. The van der Waals surface area contributed by atoms with Crippen molar-refractivity contribution < 1.29 is 0 Å². The summed E-state index contributed by atoms with van der Waals surface area (Å²) in [7, 11) is 0. The molecule has 0 aliphatic heterocycles. The van der Waals surface area contributed by atoms with Gasteiger partial charge in [0.2, 0.25) is 0 Å². The van der Waals surface area contributed by atoms with Crippen LogP contribution in [0.15, 0.2) is 42.5 Å². The van der Waals surface area contributed by atoms with Crippen molar-refractivity contribution in [1.29, 1.82) is 0 Å². The van der Waals surface area contributed by atoms with E-state index in [1.807, 2.05) is 0 Å². The fraction of sp³-hybridized carbons (Fsp3) is 0.375. The normalized spacial score (nSPS) is 32.9. The first kappa shape index (κ1) is 12.0. The van der Waals surface area contributed by atoms with Crippen molar-refractivity contribution in [2.75, 3.05) is 0 Å². The van der Waals surface area contributed by atoms with Crippen LogP contribution in [0.25, 0.3) is 10.8 Å². The average Bonchev–Trinajstić information content (AvgIpc) is 2.92. The monoisotopic (exact) mass is 259 g/mol. The summed E-state index contributed by atoms with van der Waals surface area (Å²) in [6.45, 7) is 0. The predicted molar refractivity (Wildman–Crippen MR) is 78.2 cm³/mol. The highest BCUT2D eigenvalue weighted by molar-refractivity contribution is 5.87. The van der Waals surface area contributed by atoms with Crippen LogP contribution in [-0.2, 0) is 5.41 Å². The minimum absolute atomic E-state index is 0. The molecule has 2 aliphatic carbocycles. The molecule has 2 fully saturated rings. The van der Waals surface area contributed by atoms with Crippen LogP contribution in [0.4, 0.5) is 0 Å². The zero-order valence-electron chi connectivity index (χ0n) is 10.3. The van der Waals surface area contributed by atoms with Crippen molar-refractivity contribution >= 4 is 23.2 Å². The second-order valence-electron chi connectivity index (χ2n) is 5.78. The summed E-state index contributed by atoms with van der Waals surface area (Å²) in [5.41, 5.74) is 8.10. The highest BCUT2D eigenvalue weighted by atomic mass is 35.5. The third-order valence-corrected chi connectivity index (χ3v) is 4.77. The van der Waals surface area contributed by atoms with Gasteiger partial charge in [0.25, 0.3) is 0 Å². The number of hydrogen-bond donors (Lipinski definition) is 1. The van der Waals surface area contributed by atoms with E-state index in [1.165, 1.54) is 30.0 Å². The van der Waals surface area contributed by atoms with Crippen molar-refractivity contribution in [2.24, 2.45) is 11.7 Å². The Hall–Kier alpha value is -1.05. The van der Waals surface area contributed by atoms with E-state index in [0.717, 1.165) is 5.92 Å². The summed E-state index contributed by atoms with van der Waals surface area (Å²) in [6, 6.07) is 15.9. The molecular weight excluding hydrogens is 242 g/mol. The maximum Gasteiger partial charge on any atom is 0.00503 e. The van der Waals surface area contributed by atoms with Gasteiger partial charge >= 0.3 is 0 Å². The van der Waals surface area contributed by atoms with Gasteiger partial charge in [0.15, 0.2) is 0 Å². The molecule has 0 aromatic heterocycles. The Bertz CT molecular complexity index is 589. The van der Waals surface area contributed by atoms with Crippen LogP contribution >= 0.6 is 12.4 Å². The molecule has 2 heteroatoms. The lowest BCUT2D eigenvalue weighted by atomic mass is 9.88. The molecule has 1 unspecified atom stereocenters. The zero-order chi connectivity index (χ0) is 11.5. The van der Waals surface area contributed by atoms with E-state index in [2.05, 4.69) is 42.5 Å². The molecule has 2 N–H and O–H groups in total. The van der Waals surface area contributed by atoms with Crippen molar-refractivity contribution in [3.05, 3.63) is 48.0 Å². The van der Waals surface area contributed by atoms with Crippen LogP contribution in [0.2, 0.25) is 0 Å². The van der Waals surface area contributed by atoms with E-state index in [0.29, 0.717) is 11.5 Å². The molecule has 0 saturated heterocycles. The van der Waals surface area contributed by atoms with Crippen LogP contribution in [0, 0.1) is 5.92 Å². The second-order valence-corrected chi connectivity index (χ2v) is 5.78. The van der Waals surface area contributed by atoms with Gasteiger partial charge in [0.05, 0.1) is 0 Å². The Labute approximate surface area is 114 Å². The number of halogens is 1. The molecule has 0 radical (unpaired) electrons. The SMILES string of the molecule is Cl.NC1C[C@H]2C[C@]2(c2cccc3ccccc23)C1.